The number of phenolic OH excluding ortho intramolecular Hbond substituents is 1. The fourth-order valence-corrected chi connectivity index (χ4v) is 3.81. The van der Waals surface area contributed by atoms with Gasteiger partial charge in [-0.15, -0.1) is 0 Å². The first-order valence-corrected chi connectivity index (χ1v) is 10.6. The number of aromatic hydroxyl groups is 1. The quantitative estimate of drug-likeness (QED) is 0.770. The van der Waals surface area contributed by atoms with E-state index in [0.29, 0.717) is 31.4 Å². The van der Waals surface area contributed by atoms with Crippen LogP contribution in [0.4, 0.5) is 17.1 Å². The van der Waals surface area contributed by atoms with Crippen LogP contribution in [-0.2, 0) is 16.1 Å². The molecule has 0 aliphatic carbocycles. The number of amidine groups is 1. The van der Waals surface area contributed by atoms with Gasteiger partial charge in [-0.2, -0.15) is 4.99 Å². The largest absolute Gasteiger partial charge is 0.506 e. The molecule has 0 aromatic heterocycles. The molecular weight excluding hydrogens is 394 g/mol. The van der Waals surface area contributed by atoms with E-state index in [1.807, 2.05) is 42.2 Å². The van der Waals surface area contributed by atoms with Gasteiger partial charge in [0, 0.05) is 44.0 Å². The Hall–Kier alpha value is -3.10. The summed E-state index contributed by atoms with van der Waals surface area (Å²) in [5, 5.41) is 13.2. The topological polar surface area (TPSA) is 80.6 Å². The molecule has 8 heteroatoms. The van der Waals surface area contributed by atoms with Crippen LogP contribution < -0.4 is 10.2 Å². The average Bonchev–Trinajstić information content (AvgIpc) is 2.77. The van der Waals surface area contributed by atoms with Gasteiger partial charge in [0.15, 0.2) is 0 Å². The molecule has 1 fully saturated rings. The second-order valence-electron chi connectivity index (χ2n) is 7.89. The van der Waals surface area contributed by atoms with Crippen LogP contribution in [0.1, 0.15) is 12.5 Å². The number of likely N-dealkylation sites (N-methyl/N-ethyl adjacent to an activating group) is 1. The smallest absolute Gasteiger partial charge is 0.297 e. The van der Waals surface area contributed by atoms with Crippen molar-refractivity contribution in [1.29, 1.82) is 0 Å². The number of hydrogen-bond acceptors (Lipinski definition) is 7. The minimum atomic E-state index is -0.0119. The molecule has 2 heterocycles. The Kier molecular flexibility index (Phi) is 6.39. The van der Waals surface area contributed by atoms with Gasteiger partial charge in [0.2, 0.25) is 5.91 Å². The van der Waals surface area contributed by atoms with E-state index in [0.717, 1.165) is 43.1 Å². The standard InChI is InChI=1S/C23H29N5O3/c1-3-28(20-6-4-5-7-21(20)29)23-25-19-9-8-18(14-17(19)16-31-23)24-22(30)15-27-12-10-26(2)11-13-27/h4-9,14,29H,3,10-13,15-16H2,1-2H3,(H,24,30). The summed E-state index contributed by atoms with van der Waals surface area (Å²) in [7, 11) is 2.10. The van der Waals surface area contributed by atoms with Crippen LogP contribution in [0.5, 0.6) is 5.75 Å². The Balaban J connectivity index is 1.44. The fraction of sp³-hybridized carbons (Fsp3) is 0.391. The number of fused-ring (bicyclic) bond motifs is 1. The number of nitrogens with zero attached hydrogens (tertiary/aromatic N) is 4. The van der Waals surface area contributed by atoms with Gasteiger partial charge in [-0.25, -0.2) is 0 Å². The highest BCUT2D eigenvalue weighted by atomic mass is 16.5. The normalized spacial score (nSPS) is 16.8. The molecule has 31 heavy (non-hydrogen) atoms. The summed E-state index contributed by atoms with van der Waals surface area (Å²) >= 11 is 0. The number of benzene rings is 2. The van der Waals surface area contributed by atoms with Crippen LogP contribution in [0, 0.1) is 0 Å². The number of rotatable bonds is 5. The molecular formula is C23H29N5O3. The molecule has 2 aliphatic rings. The predicted molar refractivity (Wildman–Crippen MR) is 122 cm³/mol. The molecule has 0 radical (unpaired) electrons. The van der Waals surface area contributed by atoms with Gasteiger partial charge in [-0.05, 0) is 44.3 Å². The van der Waals surface area contributed by atoms with Gasteiger partial charge >= 0.3 is 0 Å². The number of para-hydroxylation sites is 2. The Morgan fingerprint density at radius 3 is 2.71 bits per heavy atom. The molecule has 0 atom stereocenters. The number of aliphatic imine (C=N–C) groups is 1. The van der Waals surface area contributed by atoms with Crippen molar-refractivity contribution in [1.82, 2.24) is 9.80 Å². The highest BCUT2D eigenvalue weighted by Crippen LogP contribution is 2.32. The summed E-state index contributed by atoms with van der Waals surface area (Å²) in [5.74, 6) is 0.169. The zero-order chi connectivity index (χ0) is 21.8. The third-order valence-electron chi connectivity index (χ3n) is 5.62. The molecule has 1 saturated heterocycles. The van der Waals surface area contributed by atoms with Crippen LogP contribution in [0.25, 0.3) is 0 Å². The van der Waals surface area contributed by atoms with E-state index in [-0.39, 0.29) is 11.7 Å². The zero-order valence-corrected chi connectivity index (χ0v) is 18.0. The molecule has 1 amide bonds. The van der Waals surface area contributed by atoms with E-state index in [9.17, 15) is 9.90 Å². The second kappa shape index (κ2) is 9.36. The first-order valence-electron chi connectivity index (χ1n) is 10.6. The lowest BCUT2D eigenvalue weighted by Gasteiger charge is -2.31. The molecule has 2 aliphatic heterocycles. The summed E-state index contributed by atoms with van der Waals surface area (Å²) in [5.41, 5.74) is 3.11. The van der Waals surface area contributed by atoms with Gasteiger partial charge in [0.25, 0.3) is 6.02 Å². The Labute approximate surface area is 182 Å². The van der Waals surface area contributed by atoms with E-state index < -0.39 is 0 Å². The Morgan fingerprint density at radius 2 is 1.97 bits per heavy atom. The van der Waals surface area contributed by atoms with E-state index in [4.69, 9.17) is 4.74 Å². The van der Waals surface area contributed by atoms with Crippen LogP contribution in [0.3, 0.4) is 0 Å². The maximum Gasteiger partial charge on any atom is 0.297 e. The monoisotopic (exact) mass is 423 g/mol. The fourth-order valence-electron chi connectivity index (χ4n) is 3.81. The molecule has 0 spiro atoms. The summed E-state index contributed by atoms with van der Waals surface area (Å²) in [6.07, 6.45) is 0. The summed E-state index contributed by atoms with van der Waals surface area (Å²) < 4.78 is 5.90. The van der Waals surface area contributed by atoms with Crippen LogP contribution in [-0.4, -0.2) is 73.2 Å². The molecule has 2 aromatic carbocycles. The Morgan fingerprint density at radius 1 is 1.19 bits per heavy atom. The maximum atomic E-state index is 12.4. The lowest BCUT2D eigenvalue weighted by atomic mass is 10.1. The number of phenols is 1. The van der Waals surface area contributed by atoms with Crippen molar-refractivity contribution in [2.75, 3.05) is 56.5 Å². The van der Waals surface area contributed by atoms with Gasteiger partial charge < -0.3 is 20.1 Å². The van der Waals surface area contributed by atoms with Gasteiger partial charge in [-0.3, -0.25) is 14.6 Å². The highest BCUT2D eigenvalue weighted by Gasteiger charge is 2.22. The van der Waals surface area contributed by atoms with Crippen molar-refractivity contribution >= 4 is 29.0 Å². The van der Waals surface area contributed by atoms with Crippen molar-refractivity contribution in [3.05, 3.63) is 48.0 Å². The van der Waals surface area contributed by atoms with Crippen molar-refractivity contribution in [2.24, 2.45) is 4.99 Å². The number of nitrogens with one attached hydrogen (secondary N) is 1. The SMILES string of the molecule is CCN(C1=Nc2ccc(NC(=O)CN3CCN(C)CC3)cc2CO1)c1ccccc1O. The van der Waals surface area contributed by atoms with Crippen LogP contribution in [0.15, 0.2) is 47.5 Å². The second-order valence-corrected chi connectivity index (χ2v) is 7.89. The van der Waals surface area contributed by atoms with Crippen LogP contribution in [0.2, 0.25) is 0 Å². The maximum absolute atomic E-state index is 12.4. The summed E-state index contributed by atoms with van der Waals surface area (Å²) in [6, 6.07) is 13.2. The molecule has 0 bridgehead atoms. The number of piperazine rings is 1. The molecule has 8 nitrogen and oxygen atoms in total. The number of amides is 1. The molecule has 2 N–H and O–H groups in total. The molecule has 4 rings (SSSR count). The summed E-state index contributed by atoms with van der Waals surface area (Å²) in [4.78, 5) is 23.4. The summed E-state index contributed by atoms with van der Waals surface area (Å²) in [6.45, 7) is 7.11. The van der Waals surface area contributed by atoms with E-state index in [1.165, 1.54) is 0 Å². The number of hydrogen-bond donors (Lipinski definition) is 2. The molecule has 2 aromatic rings. The van der Waals surface area contributed by atoms with Gasteiger partial charge in [0.1, 0.15) is 12.4 Å². The number of carbonyl (C=O) groups excluding carboxylic acids is 1. The van der Waals surface area contributed by atoms with Crippen LogP contribution >= 0.6 is 0 Å². The van der Waals surface area contributed by atoms with Crippen molar-refractivity contribution in [3.8, 4) is 5.75 Å². The third-order valence-corrected chi connectivity index (χ3v) is 5.62. The van der Waals surface area contributed by atoms with Crippen molar-refractivity contribution < 1.29 is 14.6 Å². The molecule has 0 saturated carbocycles. The van der Waals surface area contributed by atoms with E-state index in [1.54, 1.807) is 12.1 Å². The number of ether oxygens (including phenoxy) is 1. The van der Waals surface area contributed by atoms with Crippen molar-refractivity contribution in [3.63, 3.8) is 0 Å². The first kappa shape index (κ1) is 21.1. The predicted octanol–water partition coefficient (Wildman–Crippen LogP) is 2.62. The highest BCUT2D eigenvalue weighted by molar-refractivity contribution is 5.96. The van der Waals surface area contributed by atoms with E-state index in [2.05, 4.69) is 27.2 Å². The number of anilines is 2. The van der Waals surface area contributed by atoms with Gasteiger partial charge in [0.05, 0.1) is 17.9 Å². The van der Waals surface area contributed by atoms with Crippen molar-refractivity contribution in [2.45, 2.75) is 13.5 Å². The first-order chi connectivity index (χ1) is 15.0. The third kappa shape index (κ3) is 4.98. The lowest BCUT2D eigenvalue weighted by molar-refractivity contribution is -0.117. The molecule has 0 unspecified atom stereocenters. The number of carbonyl (C=O) groups is 1. The zero-order valence-electron chi connectivity index (χ0n) is 18.0. The minimum absolute atomic E-state index is 0.0119. The minimum Gasteiger partial charge on any atom is -0.506 e. The lowest BCUT2D eigenvalue weighted by Crippen LogP contribution is -2.47. The average molecular weight is 424 g/mol. The Bertz CT molecular complexity index is 969. The molecule has 164 valence electrons. The van der Waals surface area contributed by atoms with E-state index >= 15 is 0 Å². The van der Waals surface area contributed by atoms with Gasteiger partial charge in [-0.1, -0.05) is 12.1 Å².